The highest BCUT2D eigenvalue weighted by atomic mass is 32.2. The number of carbonyl (C=O) groups excluding carboxylic acids is 1. The highest BCUT2D eigenvalue weighted by Crippen LogP contribution is 2.47. The number of carbonyl (C=O) groups is 1. The molecule has 0 aromatic heterocycles. The fraction of sp³-hybridized carbons (Fsp3) is 0.158. The van der Waals surface area contributed by atoms with Gasteiger partial charge in [0, 0.05) is 17.0 Å². The minimum absolute atomic E-state index is 0.0794. The number of hydrogen-bond acceptors (Lipinski definition) is 8. The Labute approximate surface area is 164 Å². The lowest BCUT2D eigenvalue weighted by atomic mass is 9.97. The highest BCUT2D eigenvalue weighted by molar-refractivity contribution is 8.14. The van der Waals surface area contributed by atoms with Crippen molar-refractivity contribution in [2.75, 3.05) is 11.5 Å². The van der Waals surface area contributed by atoms with Gasteiger partial charge in [-0.3, -0.25) is 15.0 Å². The predicted molar refractivity (Wildman–Crippen MR) is 106 cm³/mol. The standard InChI is InChI=1S/C19H16N4O4S/c1-2-27-18(24)15-16(11-6-5-7-12(10-11)23(25)26)21-19-22(17(15)20)13-8-3-4-9-14(13)28-19/h3-10,16H,2,20H2,1H3. The summed E-state index contributed by atoms with van der Waals surface area (Å²) in [7, 11) is 0. The number of ether oxygens (including phenoxy) is 1. The molecule has 142 valence electrons. The Morgan fingerprint density at radius 1 is 1.32 bits per heavy atom. The van der Waals surface area contributed by atoms with E-state index in [-0.39, 0.29) is 23.7 Å². The number of aliphatic imine (C=N–C) groups is 1. The molecule has 1 atom stereocenters. The van der Waals surface area contributed by atoms with Gasteiger partial charge in [0.15, 0.2) is 5.17 Å². The van der Waals surface area contributed by atoms with E-state index in [1.807, 2.05) is 24.3 Å². The molecule has 2 N–H and O–H groups in total. The maximum absolute atomic E-state index is 12.7. The van der Waals surface area contributed by atoms with Gasteiger partial charge < -0.3 is 10.5 Å². The van der Waals surface area contributed by atoms with Gasteiger partial charge in [-0.25, -0.2) is 9.79 Å². The van der Waals surface area contributed by atoms with Gasteiger partial charge >= 0.3 is 5.97 Å². The van der Waals surface area contributed by atoms with Gasteiger partial charge in [0.25, 0.3) is 5.69 Å². The number of non-ortho nitro benzene ring substituents is 1. The molecule has 0 saturated heterocycles. The zero-order chi connectivity index (χ0) is 19.8. The van der Waals surface area contributed by atoms with Gasteiger partial charge in [0.1, 0.15) is 17.4 Å². The Balaban J connectivity index is 1.87. The van der Waals surface area contributed by atoms with Crippen LogP contribution in [0, 0.1) is 10.1 Å². The summed E-state index contributed by atoms with van der Waals surface area (Å²) in [5.41, 5.74) is 7.84. The molecule has 2 aromatic rings. The lowest BCUT2D eigenvalue weighted by molar-refractivity contribution is -0.384. The molecule has 0 saturated carbocycles. The summed E-state index contributed by atoms with van der Waals surface area (Å²) in [5, 5.41) is 11.8. The molecule has 1 unspecified atom stereocenters. The number of thioether (sulfide) groups is 1. The Bertz CT molecular complexity index is 1050. The van der Waals surface area contributed by atoms with Crippen LogP contribution in [0.15, 0.2) is 69.8 Å². The maximum atomic E-state index is 12.7. The normalized spacial score (nSPS) is 17.7. The largest absolute Gasteiger partial charge is 0.462 e. The monoisotopic (exact) mass is 396 g/mol. The number of nitrogens with zero attached hydrogens (tertiary/aromatic N) is 3. The van der Waals surface area contributed by atoms with Crippen molar-refractivity contribution in [3.8, 4) is 0 Å². The van der Waals surface area contributed by atoms with Crippen molar-refractivity contribution in [1.82, 2.24) is 0 Å². The number of rotatable bonds is 4. The predicted octanol–water partition coefficient (Wildman–Crippen LogP) is 3.35. The van der Waals surface area contributed by atoms with Crippen LogP contribution in [-0.4, -0.2) is 22.7 Å². The molecule has 9 heteroatoms. The van der Waals surface area contributed by atoms with Crippen LogP contribution < -0.4 is 10.6 Å². The van der Waals surface area contributed by atoms with Crippen LogP contribution in [0.1, 0.15) is 18.5 Å². The molecule has 2 aromatic carbocycles. The van der Waals surface area contributed by atoms with E-state index < -0.39 is 16.9 Å². The number of nitro benzene ring substituents is 1. The summed E-state index contributed by atoms with van der Waals surface area (Å²) in [4.78, 5) is 30.8. The molecule has 2 aliphatic rings. The Morgan fingerprint density at radius 2 is 2.11 bits per heavy atom. The molecule has 4 rings (SSSR count). The number of para-hydroxylation sites is 1. The van der Waals surface area contributed by atoms with Gasteiger partial charge in [-0.15, -0.1) is 0 Å². The van der Waals surface area contributed by atoms with Crippen LogP contribution in [0.4, 0.5) is 11.4 Å². The number of esters is 1. The molecule has 0 amide bonds. The fourth-order valence-corrected chi connectivity index (χ4v) is 4.26. The first-order chi connectivity index (χ1) is 13.5. The highest BCUT2D eigenvalue weighted by Gasteiger charge is 2.40. The van der Waals surface area contributed by atoms with E-state index in [0.717, 1.165) is 10.6 Å². The van der Waals surface area contributed by atoms with E-state index in [9.17, 15) is 14.9 Å². The minimum atomic E-state index is -0.785. The summed E-state index contributed by atoms with van der Waals surface area (Å²) < 4.78 is 5.20. The molecular weight excluding hydrogens is 380 g/mol. The van der Waals surface area contributed by atoms with E-state index in [1.165, 1.54) is 23.9 Å². The summed E-state index contributed by atoms with van der Waals surface area (Å²) in [5.74, 6) is -0.369. The third-order valence-electron chi connectivity index (χ3n) is 4.42. The van der Waals surface area contributed by atoms with Gasteiger partial charge in [-0.05, 0) is 36.4 Å². The Kier molecular flexibility index (Phi) is 4.52. The van der Waals surface area contributed by atoms with Crippen LogP contribution >= 0.6 is 11.8 Å². The molecule has 2 aliphatic heterocycles. The van der Waals surface area contributed by atoms with Crippen molar-refractivity contribution in [3.05, 3.63) is 75.6 Å². The SMILES string of the molecule is CCOC(=O)C1=C(N)N2C(=NC1c1cccc([N+](=O)[O-])c1)Sc1ccccc12. The average Bonchev–Trinajstić information content (AvgIpc) is 3.06. The molecule has 0 spiro atoms. The smallest absolute Gasteiger partial charge is 0.340 e. The van der Waals surface area contributed by atoms with Gasteiger partial charge in [-0.2, -0.15) is 0 Å². The zero-order valence-corrected chi connectivity index (χ0v) is 15.7. The second-order valence-corrected chi connectivity index (χ2v) is 7.10. The van der Waals surface area contributed by atoms with Crippen molar-refractivity contribution in [2.24, 2.45) is 10.7 Å². The lowest BCUT2D eigenvalue weighted by Gasteiger charge is -2.30. The molecule has 2 heterocycles. The summed E-state index contributed by atoms with van der Waals surface area (Å²) >= 11 is 1.44. The van der Waals surface area contributed by atoms with E-state index in [0.29, 0.717) is 10.7 Å². The first-order valence-electron chi connectivity index (χ1n) is 8.57. The van der Waals surface area contributed by atoms with Crippen LogP contribution in [0.25, 0.3) is 0 Å². The quantitative estimate of drug-likeness (QED) is 0.479. The number of benzene rings is 2. The fourth-order valence-electron chi connectivity index (χ4n) is 3.20. The van der Waals surface area contributed by atoms with E-state index in [4.69, 9.17) is 15.5 Å². The lowest BCUT2D eigenvalue weighted by Crippen LogP contribution is -2.37. The van der Waals surface area contributed by atoms with Crippen molar-refractivity contribution >= 4 is 34.3 Å². The molecular formula is C19H16N4O4S. The van der Waals surface area contributed by atoms with Crippen LogP contribution in [0.2, 0.25) is 0 Å². The van der Waals surface area contributed by atoms with Crippen LogP contribution in [-0.2, 0) is 9.53 Å². The molecule has 8 nitrogen and oxygen atoms in total. The zero-order valence-electron chi connectivity index (χ0n) is 14.9. The van der Waals surface area contributed by atoms with Crippen molar-refractivity contribution < 1.29 is 14.5 Å². The number of fused-ring (bicyclic) bond motifs is 3. The second kappa shape index (κ2) is 7.01. The van der Waals surface area contributed by atoms with Crippen molar-refractivity contribution in [1.29, 1.82) is 0 Å². The van der Waals surface area contributed by atoms with E-state index >= 15 is 0 Å². The maximum Gasteiger partial charge on any atom is 0.340 e. The third kappa shape index (κ3) is 2.89. The summed E-state index contributed by atoms with van der Waals surface area (Å²) in [6, 6.07) is 12.9. The van der Waals surface area contributed by atoms with Crippen molar-refractivity contribution in [3.63, 3.8) is 0 Å². The number of nitro groups is 1. The average molecular weight is 396 g/mol. The number of amidine groups is 1. The first kappa shape index (κ1) is 18.1. The van der Waals surface area contributed by atoms with Crippen LogP contribution in [0.5, 0.6) is 0 Å². The van der Waals surface area contributed by atoms with Gasteiger partial charge in [0.05, 0.1) is 17.2 Å². The van der Waals surface area contributed by atoms with E-state index in [2.05, 4.69) is 0 Å². The minimum Gasteiger partial charge on any atom is -0.462 e. The molecule has 0 fully saturated rings. The van der Waals surface area contributed by atoms with Gasteiger partial charge in [0.2, 0.25) is 0 Å². The molecule has 0 bridgehead atoms. The third-order valence-corrected chi connectivity index (χ3v) is 5.46. The summed E-state index contributed by atoms with van der Waals surface area (Å²) in [6.45, 7) is 1.88. The number of nitrogens with two attached hydrogens (primary N) is 1. The van der Waals surface area contributed by atoms with E-state index in [1.54, 1.807) is 24.0 Å². The Morgan fingerprint density at radius 3 is 2.86 bits per heavy atom. The first-order valence-corrected chi connectivity index (χ1v) is 9.38. The van der Waals surface area contributed by atoms with Gasteiger partial charge in [-0.1, -0.05) is 24.3 Å². The topological polar surface area (TPSA) is 111 Å². The van der Waals surface area contributed by atoms with Crippen LogP contribution in [0.3, 0.4) is 0 Å². The molecule has 0 radical (unpaired) electrons. The Hall–Kier alpha value is -3.33. The number of hydrogen-bond donors (Lipinski definition) is 1. The second-order valence-electron chi connectivity index (χ2n) is 6.09. The summed E-state index contributed by atoms with van der Waals surface area (Å²) in [6.07, 6.45) is 0. The number of anilines is 1. The molecule has 0 aliphatic carbocycles. The molecule has 28 heavy (non-hydrogen) atoms. The van der Waals surface area contributed by atoms with Crippen molar-refractivity contribution in [2.45, 2.75) is 17.9 Å².